The van der Waals surface area contributed by atoms with Crippen molar-refractivity contribution in [1.82, 2.24) is 0 Å². The van der Waals surface area contributed by atoms with Crippen molar-refractivity contribution in [1.29, 1.82) is 0 Å². The number of hydrogen-bond donors (Lipinski definition) is 0. The molecule has 0 saturated carbocycles. The maximum atomic E-state index is 12.9. The Labute approximate surface area is 253 Å². The third-order valence-electron chi connectivity index (χ3n) is 6.77. The predicted octanol–water partition coefficient (Wildman–Crippen LogP) is 10.7. The molecule has 8 heteroatoms. The highest BCUT2D eigenvalue weighted by Crippen LogP contribution is 2.33. The lowest BCUT2D eigenvalue weighted by atomic mass is 9.99. The minimum absolute atomic E-state index is 0.159. The van der Waals surface area contributed by atoms with Gasteiger partial charge in [0, 0.05) is 5.25 Å². The summed E-state index contributed by atoms with van der Waals surface area (Å²) in [5, 5.41) is 0.220. The minimum atomic E-state index is -2.11. The molecule has 0 fully saturated rings. The van der Waals surface area contributed by atoms with Gasteiger partial charge in [-0.3, -0.25) is 4.57 Å². The molecule has 40 heavy (non-hydrogen) atoms. The van der Waals surface area contributed by atoms with Crippen molar-refractivity contribution in [3.63, 3.8) is 0 Å². The smallest absolute Gasteiger partial charge is 0.382 e. The Morgan fingerprint density at radius 3 is 1.80 bits per heavy atom. The van der Waals surface area contributed by atoms with Crippen LogP contribution in [0.2, 0.25) is 0 Å². The fourth-order valence-corrected chi connectivity index (χ4v) is 5.92. The van der Waals surface area contributed by atoms with Crippen LogP contribution in [-0.4, -0.2) is 41.8 Å². The molecule has 0 aromatic heterocycles. The van der Waals surface area contributed by atoms with Crippen LogP contribution in [0.4, 0.5) is 0 Å². The summed E-state index contributed by atoms with van der Waals surface area (Å²) in [5.41, 5.74) is -2.35. The summed E-state index contributed by atoms with van der Waals surface area (Å²) >= 11 is 1.93. The van der Waals surface area contributed by atoms with Crippen LogP contribution in [0, 0.1) is 5.41 Å². The Kier molecular flexibility index (Phi) is 25.2. The Bertz CT molecular complexity index is 615. The third kappa shape index (κ3) is 20.6. The summed E-state index contributed by atoms with van der Waals surface area (Å²) in [6.07, 6.45) is 20.7. The summed E-state index contributed by atoms with van der Waals surface area (Å²) in [4.78, 5) is 24.3. The van der Waals surface area contributed by atoms with Crippen LogP contribution in [0.5, 0.6) is 0 Å². The van der Waals surface area contributed by atoms with E-state index in [1.54, 1.807) is 0 Å². The van der Waals surface area contributed by atoms with Gasteiger partial charge >= 0.3 is 11.5 Å². The zero-order valence-electron chi connectivity index (χ0n) is 27.1. The van der Waals surface area contributed by atoms with Gasteiger partial charge in [-0.05, 0) is 37.4 Å². The summed E-state index contributed by atoms with van der Waals surface area (Å²) in [5.74, 6) is 0.253. The molecule has 0 amide bonds. The maximum Gasteiger partial charge on any atom is 0.382 e. The molecule has 238 valence electrons. The molecular weight excluding hydrogens is 543 g/mol. The molecule has 0 radical (unpaired) electrons. The first kappa shape index (κ1) is 39.8. The quantitative estimate of drug-likeness (QED) is 0.0219. The van der Waals surface area contributed by atoms with Gasteiger partial charge < -0.3 is 9.47 Å². The van der Waals surface area contributed by atoms with Gasteiger partial charge in [-0.25, -0.2) is 9.68 Å². The minimum Gasteiger partial charge on any atom is -0.460 e. The molecule has 0 aromatic carbocycles. The summed E-state index contributed by atoms with van der Waals surface area (Å²) in [6, 6.07) is 0. The van der Waals surface area contributed by atoms with Crippen LogP contribution >= 0.6 is 20.2 Å². The average Bonchev–Trinajstić information content (AvgIpc) is 2.93. The van der Waals surface area contributed by atoms with Crippen molar-refractivity contribution in [2.75, 3.05) is 19.0 Å². The van der Waals surface area contributed by atoms with Crippen molar-refractivity contribution in [3.8, 4) is 0 Å². The molecule has 0 N–H and O–H groups in total. The molecule has 0 saturated heterocycles. The second kappa shape index (κ2) is 25.3. The van der Waals surface area contributed by atoms with Gasteiger partial charge in [0.15, 0.2) is 0 Å². The first-order chi connectivity index (χ1) is 19.2. The van der Waals surface area contributed by atoms with Crippen molar-refractivity contribution in [2.45, 2.75) is 175 Å². The fourth-order valence-electron chi connectivity index (χ4n) is 4.24. The lowest BCUT2D eigenvalue weighted by Gasteiger charge is -2.29. The number of carbonyl (C=O) groups is 1. The molecule has 6 nitrogen and oxygen atoms in total. The number of thioether (sulfide) groups is 1. The average molecular weight is 607 g/mol. The predicted molar refractivity (Wildman–Crippen MR) is 170 cm³/mol. The molecule has 0 aromatic rings. The van der Waals surface area contributed by atoms with Gasteiger partial charge in [-0.1, -0.05) is 131 Å². The van der Waals surface area contributed by atoms with E-state index in [0.717, 1.165) is 18.6 Å². The first-order valence-corrected chi connectivity index (χ1v) is 18.1. The van der Waals surface area contributed by atoms with Crippen molar-refractivity contribution in [2.24, 2.45) is 5.41 Å². The molecule has 3 unspecified atom stereocenters. The first-order valence-electron chi connectivity index (χ1n) is 16.3. The van der Waals surface area contributed by atoms with Gasteiger partial charge in [-0.2, -0.15) is 16.6 Å². The Hall–Kier alpha value is -0.200. The second-order valence-corrected chi connectivity index (χ2v) is 14.5. The van der Waals surface area contributed by atoms with E-state index < -0.39 is 20.0 Å². The summed E-state index contributed by atoms with van der Waals surface area (Å²) in [7, 11) is -0.636. The van der Waals surface area contributed by atoms with Crippen LogP contribution in [0.1, 0.15) is 158 Å². The molecule has 0 spiro atoms. The number of carbonyl (C=O) groups excluding carboxylic acids is 1. The fraction of sp³-hybridized carbons (Fsp3) is 0.969. The second-order valence-electron chi connectivity index (χ2n) is 12.3. The van der Waals surface area contributed by atoms with E-state index in [1.807, 2.05) is 46.4 Å². The van der Waals surface area contributed by atoms with Gasteiger partial charge in [0.2, 0.25) is 8.46 Å². The van der Waals surface area contributed by atoms with E-state index >= 15 is 0 Å². The molecule has 0 aliphatic rings. The molecule has 0 aliphatic heterocycles. The normalized spacial score (nSPS) is 15.2. The van der Waals surface area contributed by atoms with Crippen LogP contribution in [0.15, 0.2) is 0 Å². The van der Waals surface area contributed by atoms with Crippen molar-refractivity contribution >= 4 is 26.2 Å². The van der Waals surface area contributed by atoms with Gasteiger partial charge in [-0.15, -0.1) is 0 Å². The SMILES string of the molecule is CCCCCCCCCCCCSC(CCCCCCC)C(C)OOC(OCCC)(P=O)C(=O)OCC(C)(C)C. The van der Waals surface area contributed by atoms with Gasteiger partial charge in [0.25, 0.3) is 0 Å². The summed E-state index contributed by atoms with van der Waals surface area (Å²) in [6.45, 7) is 14.6. The lowest BCUT2D eigenvalue weighted by Crippen LogP contribution is -2.43. The van der Waals surface area contributed by atoms with Crippen LogP contribution in [-0.2, 0) is 28.6 Å². The monoisotopic (exact) mass is 606 g/mol. The Morgan fingerprint density at radius 2 is 1.30 bits per heavy atom. The van der Waals surface area contributed by atoms with Crippen molar-refractivity contribution in [3.05, 3.63) is 0 Å². The Morgan fingerprint density at radius 1 is 0.775 bits per heavy atom. The maximum absolute atomic E-state index is 12.9. The van der Waals surface area contributed by atoms with E-state index in [4.69, 9.17) is 19.2 Å². The van der Waals surface area contributed by atoms with E-state index in [0.29, 0.717) is 6.42 Å². The molecular formula is C32H63O6PS. The number of unbranched alkanes of at least 4 members (excludes halogenated alkanes) is 13. The highest BCUT2D eigenvalue weighted by Gasteiger charge is 2.47. The highest BCUT2D eigenvalue weighted by molar-refractivity contribution is 7.99. The van der Waals surface area contributed by atoms with E-state index in [2.05, 4.69) is 13.8 Å². The Balaban J connectivity index is 4.90. The molecule has 0 aliphatic carbocycles. The standard InChI is InChI=1S/C32H63O6PS/c1-8-11-13-15-16-17-18-19-21-23-26-40-29(24-22-20-14-12-9-2)28(4)37-38-32(39-34,36-25-10-3)30(33)35-27-31(5,6)7/h28-29H,8-27H2,1-7H3. The largest absolute Gasteiger partial charge is 0.460 e. The highest BCUT2D eigenvalue weighted by atomic mass is 32.2. The number of rotatable bonds is 28. The van der Waals surface area contributed by atoms with E-state index in [9.17, 15) is 9.36 Å². The van der Waals surface area contributed by atoms with Gasteiger partial charge in [0.05, 0.1) is 13.2 Å². The zero-order valence-corrected chi connectivity index (χ0v) is 28.8. The number of ether oxygens (including phenoxy) is 2. The number of hydrogen-bond acceptors (Lipinski definition) is 7. The molecule has 3 atom stereocenters. The third-order valence-corrected chi connectivity index (χ3v) is 8.97. The molecule has 0 heterocycles. The van der Waals surface area contributed by atoms with E-state index in [1.165, 1.54) is 89.9 Å². The van der Waals surface area contributed by atoms with E-state index in [-0.39, 0.29) is 30.0 Å². The molecule has 0 bridgehead atoms. The topological polar surface area (TPSA) is 71.1 Å². The zero-order chi connectivity index (χ0) is 30.1. The summed E-state index contributed by atoms with van der Waals surface area (Å²) < 4.78 is 23.2. The van der Waals surface area contributed by atoms with Crippen LogP contribution < -0.4 is 0 Å². The molecule has 0 rings (SSSR count). The van der Waals surface area contributed by atoms with Crippen molar-refractivity contribution < 1.29 is 28.6 Å². The van der Waals surface area contributed by atoms with Crippen LogP contribution in [0.25, 0.3) is 0 Å². The number of esters is 1. The van der Waals surface area contributed by atoms with Crippen LogP contribution in [0.3, 0.4) is 0 Å². The van der Waals surface area contributed by atoms with Gasteiger partial charge in [0.1, 0.15) is 6.10 Å². The lowest BCUT2D eigenvalue weighted by molar-refractivity contribution is -0.403.